The Morgan fingerprint density at radius 1 is 1.45 bits per heavy atom. The molecule has 116 valence electrons. The number of hydrogen-bond donors (Lipinski definition) is 3. The number of carbonyl (C=O) groups is 1. The molecule has 0 atom stereocenters. The highest BCUT2D eigenvalue weighted by molar-refractivity contribution is 7.80. The molecule has 22 heavy (non-hydrogen) atoms. The summed E-state index contributed by atoms with van der Waals surface area (Å²) in [4.78, 5) is 11.5. The van der Waals surface area contributed by atoms with Gasteiger partial charge in [-0.15, -0.1) is 0 Å². The van der Waals surface area contributed by atoms with E-state index in [0.29, 0.717) is 22.4 Å². The first-order valence-electron chi connectivity index (χ1n) is 6.62. The fraction of sp³-hybridized carbons (Fsp3) is 0.214. The van der Waals surface area contributed by atoms with Crippen LogP contribution in [-0.2, 0) is 6.54 Å². The van der Waals surface area contributed by atoms with Gasteiger partial charge in [-0.1, -0.05) is 17.7 Å². The van der Waals surface area contributed by atoms with Gasteiger partial charge in [0.15, 0.2) is 5.11 Å². The van der Waals surface area contributed by atoms with E-state index in [-0.39, 0.29) is 5.69 Å². The van der Waals surface area contributed by atoms with Crippen molar-refractivity contribution in [2.24, 2.45) is 5.73 Å². The minimum absolute atomic E-state index is 0.286. The zero-order chi connectivity index (χ0) is 16.3. The molecule has 0 saturated carbocycles. The zero-order valence-electron chi connectivity index (χ0n) is 12.2. The van der Waals surface area contributed by atoms with E-state index in [1.807, 2.05) is 26.0 Å². The number of nitrogens with zero attached hydrogens (tertiary/aromatic N) is 2. The van der Waals surface area contributed by atoms with E-state index < -0.39 is 5.91 Å². The van der Waals surface area contributed by atoms with Crippen LogP contribution < -0.4 is 16.4 Å². The SMILES string of the molecule is CCn1ncc(NC(=S)Nc2ccc(C)c(Cl)c2)c1C(N)=O. The molecule has 0 bridgehead atoms. The average molecular weight is 338 g/mol. The first kappa shape index (κ1) is 16.3. The third kappa shape index (κ3) is 3.55. The third-order valence-electron chi connectivity index (χ3n) is 3.05. The van der Waals surface area contributed by atoms with Crippen LogP contribution in [0.4, 0.5) is 11.4 Å². The van der Waals surface area contributed by atoms with E-state index in [9.17, 15) is 4.79 Å². The number of carbonyl (C=O) groups excluding carboxylic acids is 1. The van der Waals surface area contributed by atoms with Gasteiger partial charge in [0.25, 0.3) is 5.91 Å². The fourth-order valence-corrected chi connectivity index (χ4v) is 2.34. The van der Waals surface area contributed by atoms with Crippen LogP contribution in [0.2, 0.25) is 5.02 Å². The first-order valence-corrected chi connectivity index (χ1v) is 7.40. The minimum atomic E-state index is -0.567. The lowest BCUT2D eigenvalue weighted by Crippen LogP contribution is -2.23. The van der Waals surface area contributed by atoms with Crippen molar-refractivity contribution in [1.29, 1.82) is 0 Å². The number of nitrogens with two attached hydrogens (primary N) is 1. The molecule has 2 aromatic rings. The third-order valence-corrected chi connectivity index (χ3v) is 3.66. The van der Waals surface area contributed by atoms with Gasteiger partial charge in [-0.3, -0.25) is 9.48 Å². The van der Waals surface area contributed by atoms with E-state index in [0.717, 1.165) is 11.3 Å². The summed E-state index contributed by atoms with van der Waals surface area (Å²) in [5.41, 5.74) is 7.85. The molecule has 6 nitrogen and oxygen atoms in total. The van der Waals surface area contributed by atoms with Crippen LogP contribution in [0, 0.1) is 6.92 Å². The normalized spacial score (nSPS) is 10.3. The molecule has 1 aromatic carbocycles. The fourth-order valence-electron chi connectivity index (χ4n) is 1.93. The number of aromatic nitrogens is 2. The molecule has 0 saturated heterocycles. The lowest BCUT2D eigenvalue weighted by molar-refractivity contribution is 0.0991. The minimum Gasteiger partial charge on any atom is -0.364 e. The number of thiocarbonyl (C=S) groups is 1. The zero-order valence-corrected chi connectivity index (χ0v) is 13.8. The van der Waals surface area contributed by atoms with Gasteiger partial charge < -0.3 is 16.4 Å². The quantitative estimate of drug-likeness (QED) is 0.747. The Kier molecular flexibility index (Phi) is 4.99. The van der Waals surface area contributed by atoms with E-state index >= 15 is 0 Å². The largest absolute Gasteiger partial charge is 0.364 e. The smallest absolute Gasteiger partial charge is 0.269 e. The van der Waals surface area contributed by atoms with Crippen LogP contribution in [0.25, 0.3) is 0 Å². The highest BCUT2D eigenvalue weighted by Crippen LogP contribution is 2.20. The number of benzene rings is 1. The standard InChI is InChI=1S/C14H16ClN5OS/c1-3-20-12(13(16)21)11(7-17-20)19-14(22)18-9-5-4-8(2)10(15)6-9/h4-7H,3H2,1-2H3,(H2,16,21)(H2,18,19,22). The number of halogens is 1. The number of anilines is 2. The molecule has 0 aliphatic carbocycles. The summed E-state index contributed by atoms with van der Waals surface area (Å²) in [6, 6.07) is 5.52. The number of aryl methyl sites for hydroxylation is 2. The predicted octanol–water partition coefficient (Wildman–Crippen LogP) is 2.77. The van der Waals surface area contributed by atoms with E-state index in [4.69, 9.17) is 29.6 Å². The van der Waals surface area contributed by atoms with Crippen molar-refractivity contribution < 1.29 is 4.79 Å². The molecule has 1 amide bonds. The van der Waals surface area contributed by atoms with Crippen LogP contribution in [0.3, 0.4) is 0 Å². The van der Waals surface area contributed by atoms with Crippen LogP contribution in [-0.4, -0.2) is 20.8 Å². The molecule has 8 heteroatoms. The highest BCUT2D eigenvalue weighted by Gasteiger charge is 2.16. The first-order chi connectivity index (χ1) is 10.4. The van der Waals surface area contributed by atoms with Gasteiger partial charge >= 0.3 is 0 Å². The topological polar surface area (TPSA) is 85.0 Å². The van der Waals surface area contributed by atoms with Crippen molar-refractivity contribution in [2.45, 2.75) is 20.4 Å². The van der Waals surface area contributed by atoms with Crippen LogP contribution in [0.5, 0.6) is 0 Å². The maximum atomic E-state index is 11.5. The molecular weight excluding hydrogens is 322 g/mol. The van der Waals surface area contributed by atoms with E-state index in [1.165, 1.54) is 10.9 Å². The maximum absolute atomic E-state index is 11.5. The Labute approximate surface area is 138 Å². The van der Waals surface area contributed by atoms with Crippen molar-refractivity contribution in [3.8, 4) is 0 Å². The summed E-state index contributed by atoms with van der Waals surface area (Å²) in [6.07, 6.45) is 1.51. The number of nitrogens with one attached hydrogen (secondary N) is 2. The Morgan fingerprint density at radius 3 is 2.77 bits per heavy atom. The van der Waals surface area contributed by atoms with E-state index in [2.05, 4.69) is 15.7 Å². The Bertz CT molecular complexity index is 728. The van der Waals surface area contributed by atoms with Crippen molar-refractivity contribution in [3.05, 3.63) is 40.7 Å². The van der Waals surface area contributed by atoms with Gasteiger partial charge in [-0.05, 0) is 43.8 Å². The second kappa shape index (κ2) is 6.76. The molecule has 0 aliphatic heterocycles. The maximum Gasteiger partial charge on any atom is 0.269 e. The summed E-state index contributed by atoms with van der Waals surface area (Å²) in [7, 11) is 0. The van der Waals surface area contributed by atoms with Gasteiger partial charge in [0.05, 0.1) is 11.9 Å². The number of amides is 1. The van der Waals surface area contributed by atoms with Crippen molar-refractivity contribution in [2.75, 3.05) is 10.6 Å². The van der Waals surface area contributed by atoms with E-state index in [1.54, 1.807) is 6.07 Å². The summed E-state index contributed by atoms with van der Waals surface area (Å²) in [5, 5.41) is 11.0. The Balaban J connectivity index is 2.14. The monoisotopic (exact) mass is 337 g/mol. The predicted molar refractivity (Wildman–Crippen MR) is 92.5 cm³/mol. The lowest BCUT2D eigenvalue weighted by Gasteiger charge is -2.11. The van der Waals surface area contributed by atoms with Crippen LogP contribution >= 0.6 is 23.8 Å². The second-order valence-electron chi connectivity index (χ2n) is 4.63. The molecule has 0 spiro atoms. The van der Waals surface area contributed by atoms with Crippen molar-refractivity contribution in [3.63, 3.8) is 0 Å². The lowest BCUT2D eigenvalue weighted by atomic mass is 10.2. The molecule has 4 N–H and O–H groups in total. The molecule has 2 rings (SSSR count). The summed E-state index contributed by atoms with van der Waals surface area (Å²) < 4.78 is 1.51. The van der Waals surface area contributed by atoms with Crippen LogP contribution in [0.15, 0.2) is 24.4 Å². The summed E-state index contributed by atoms with van der Waals surface area (Å²) >= 11 is 11.3. The summed E-state index contributed by atoms with van der Waals surface area (Å²) in [5.74, 6) is -0.567. The van der Waals surface area contributed by atoms with Gasteiger partial charge in [0.2, 0.25) is 0 Å². The molecule has 0 unspecified atom stereocenters. The van der Waals surface area contributed by atoms with Gasteiger partial charge in [-0.2, -0.15) is 5.10 Å². The van der Waals surface area contributed by atoms with Gasteiger partial charge in [-0.25, -0.2) is 0 Å². The van der Waals surface area contributed by atoms with Crippen molar-refractivity contribution >= 4 is 46.2 Å². The highest BCUT2D eigenvalue weighted by atomic mass is 35.5. The molecule has 1 heterocycles. The van der Waals surface area contributed by atoms with Gasteiger partial charge in [0, 0.05) is 17.3 Å². The molecule has 0 fully saturated rings. The van der Waals surface area contributed by atoms with Gasteiger partial charge in [0.1, 0.15) is 5.69 Å². The second-order valence-corrected chi connectivity index (χ2v) is 5.45. The Hall–Kier alpha value is -2.12. The molecule has 0 aliphatic rings. The number of hydrogen-bond acceptors (Lipinski definition) is 3. The van der Waals surface area contributed by atoms with Crippen LogP contribution in [0.1, 0.15) is 23.0 Å². The molecule has 1 aromatic heterocycles. The average Bonchev–Trinajstić information content (AvgIpc) is 2.85. The number of primary amides is 1. The summed E-state index contributed by atoms with van der Waals surface area (Å²) in [6.45, 7) is 4.32. The number of rotatable bonds is 4. The Morgan fingerprint density at radius 2 is 2.18 bits per heavy atom. The van der Waals surface area contributed by atoms with Crippen molar-refractivity contribution in [1.82, 2.24) is 9.78 Å². The molecular formula is C14H16ClN5OS. The molecule has 0 radical (unpaired) electrons.